The van der Waals surface area contributed by atoms with E-state index in [1.807, 2.05) is 30.3 Å². The summed E-state index contributed by atoms with van der Waals surface area (Å²) in [6, 6.07) is 15.3. The zero-order valence-corrected chi connectivity index (χ0v) is 21.8. The molecule has 1 aliphatic carbocycles. The molecular weight excluding hydrogens is 482 g/mol. The van der Waals surface area contributed by atoms with Crippen molar-refractivity contribution in [2.45, 2.75) is 70.6 Å². The minimum Gasteiger partial charge on any atom is -0.461 e. The number of para-hydroxylation sites is 1. The molecule has 0 fully saturated rings. The van der Waals surface area contributed by atoms with Gasteiger partial charge in [-0.05, 0) is 44.4 Å². The van der Waals surface area contributed by atoms with Gasteiger partial charge in [0, 0.05) is 22.9 Å². The molecule has 1 amide bonds. The monoisotopic (exact) mass is 515 g/mol. The first-order chi connectivity index (χ1) is 18.1. The number of esters is 1. The molecule has 1 unspecified atom stereocenters. The summed E-state index contributed by atoms with van der Waals surface area (Å²) in [6.07, 6.45) is 3.13. The minimum atomic E-state index is -0.916. The van der Waals surface area contributed by atoms with Gasteiger partial charge in [0.2, 0.25) is 0 Å². The van der Waals surface area contributed by atoms with Crippen LogP contribution in [0, 0.1) is 0 Å². The average Bonchev–Trinajstić information content (AvgIpc) is 2.89. The molecule has 0 spiro atoms. The SMILES string of the molecule is CC(C)(CC(=O)OCc1ccccc1)NC(=O)c1cccc2cc3c(nc12)C(=O)C(N)CCCCCC3=O. The Kier molecular flexibility index (Phi) is 8.32. The Morgan fingerprint density at radius 2 is 1.82 bits per heavy atom. The van der Waals surface area contributed by atoms with E-state index in [4.69, 9.17) is 10.5 Å². The molecule has 2 aromatic carbocycles. The highest BCUT2D eigenvalue weighted by atomic mass is 16.5. The van der Waals surface area contributed by atoms with Gasteiger partial charge >= 0.3 is 5.97 Å². The Morgan fingerprint density at radius 3 is 2.58 bits per heavy atom. The van der Waals surface area contributed by atoms with Crippen molar-refractivity contribution in [2.75, 3.05) is 0 Å². The van der Waals surface area contributed by atoms with Gasteiger partial charge in [0.25, 0.3) is 5.91 Å². The predicted octanol–water partition coefficient (Wildman–Crippen LogP) is 4.53. The summed E-state index contributed by atoms with van der Waals surface area (Å²) in [5, 5.41) is 3.46. The van der Waals surface area contributed by atoms with Crippen LogP contribution in [0.25, 0.3) is 10.9 Å². The van der Waals surface area contributed by atoms with Gasteiger partial charge in [0.05, 0.1) is 23.5 Å². The van der Waals surface area contributed by atoms with Crippen LogP contribution in [0.4, 0.5) is 0 Å². The smallest absolute Gasteiger partial charge is 0.308 e. The molecule has 198 valence electrons. The number of rotatable bonds is 6. The number of nitrogens with zero attached hydrogens (tertiary/aromatic N) is 1. The Labute approximate surface area is 222 Å². The first-order valence-electron chi connectivity index (χ1n) is 12.9. The van der Waals surface area contributed by atoms with Crippen LogP contribution in [-0.4, -0.2) is 40.0 Å². The minimum absolute atomic E-state index is 0.0147. The third kappa shape index (κ3) is 6.50. The number of hydrogen-bond acceptors (Lipinski definition) is 7. The fourth-order valence-electron chi connectivity index (χ4n) is 4.62. The van der Waals surface area contributed by atoms with Crippen LogP contribution in [0.5, 0.6) is 0 Å². The maximum atomic E-state index is 13.4. The second-order valence-corrected chi connectivity index (χ2v) is 10.4. The number of carbonyl (C=O) groups excluding carboxylic acids is 4. The lowest BCUT2D eigenvalue weighted by molar-refractivity contribution is -0.146. The molecule has 4 rings (SSSR count). The van der Waals surface area contributed by atoms with Gasteiger partial charge in [0.1, 0.15) is 12.3 Å². The van der Waals surface area contributed by atoms with E-state index in [0.717, 1.165) is 24.8 Å². The highest BCUT2D eigenvalue weighted by Gasteiger charge is 2.29. The van der Waals surface area contributed by atoms with Crippen LogP contribution in [0.15, 0.2) is 54.6 Å². The molecule has 0 bridgehead atoms. The topological polar surface area (TPSA) is 128 Å². The fraction of sp³-hybridized carbons (Fsp3) is 0.367. The Balaban J connectivity index is 1.57. The number of aromatic nitrogens is 1. The molecule has 0 saturated heterocycles. The van der Waals surface area contributed by atoms with E-state index in [0.29, 0.717) is 23.7 Å². The largest absolute Gasteiger partial charge is 0.461 e. The summed E-state index contributed by atoms with van der Waals surface area (Å²) in [4.78, 5) is 56.4. The normalized spacial score (nSPS) is 16.6. The molecule has 3 N–H and O–H groups in total. The molecule has 1 aromatic heterocycles. The summed E-state index contributed by atoms with van der Waals surface area (Å²) < 4.78 is 5.37. The van der Waals surface area contributed by atoms with Crippen LogP contribution >= 0.6 is 0 Å². The second-order valence-electron chi connectivity index (χ2n) is 10.4. The van der Waals surface area contributed by atoms with Crippen molar-refractivity contribution in [1.82, 2.24) is 10.3 Å². The maximum Gasteiger partial charge on any atom is 0.308 e. The number of ketones is 2. The molecular formula is C30H33N3O5. The van der Waals surface area contributed by atoms with E-state index in [9.17, 15) is 19.2 Å². The number of benzene rings is 2. The average molecular weight is 516 g/mol. The first kappa shape index (κ1) is 27.1. The summed E-state index contributed by atoms with van der Waals surface area (Å²) in [5.74, 6) is -1.44. The van der Waals surface area contributed by atoms with Crippen LogP contribution in [-0.2, 0) is 16.1 Å². The van der Waals surface area contributed by atoms with Gasteiger partial charge in [-0.1, -0.05) is 55.3 Å². The van der Waals surface area contributed by atoms with Crippen LogP contribution in [0.1, 0.15) is 89.1 Å². The predicted molar refractivity (Wildman–Crippen MR) is 144 cm³/mol. The number of nitrogens with two attached hydrogens (primary N) is 1. The third-order valence-electron chi connectivity index (χ3n) is 6.66. The van der Waals surface area contributed by atoms with E-state index in [-0.39, 0.29) is 35.6 Å². The number of ether oxygens (including phenoxy) is 1. The third-order valence-corrected chi connectivity index (χ3v) is 6.66. The summed E-state index contributed by atoms with van der Waals surface area (Å²) >= 11 is 0. The fourth-order valence-corrected chi connectivity index (χ4v) is 4.62. The number of nitrogens with one attached hydrogen (secondary N) is 1. The van der Waals surface area contributed by atoms with Crippen molar-refractivity contribution in [1.29, 1.82) is 0 Å². The second kappa shape index (κ2) is 11.6. The van der Waals surface area contributed by atoms with Gasteiger partial charge in [-0.25, -0.2) is 4.98 Å². The quantitative estimate of drug-likeness (QED) is 0.461. The number of Topliss-reactive ketones (excluding diaryl/α,β-unsaturated/α-hetero) is 2. The van der Waals surface area contributed by atoms with Crippen LogP contribution in [0.2, 0.25) is 0 Å². The van der Waals surface area contributed by atoms with Crippen molar-refractivity contribution in [3.8, 4) is 0 Å². The summed E-state index contributed by atoms with van der Waals surface area (Å²) in [6.45, 7) is 3.61. The van der Waals surface area contributed by atoms with E-state index >= 15 is 0 Å². The Bertz CT molecular complexity index is 1370. The summed E-state index contributed by atoms with van der Waals surface area (Å²) in [7, 11) is 0. The Hall–Kier alpha value is -3.91. The van der Waals surface area contributed by atoms with E-state index in [1.165, 1.54) is 0 Å². The highest BCUT2D eigenvalue weighted by Crippen LogP contribution is 2.25. The molecule has 1 aliphatic rings. The van der Waals surface area contributed by atoms with E-state index in [1.54, 1.807) is 38.1 Å². The van der Waals surface area contributed by atoms with Crippen molar-refractivity contribution in [3.05, 3.63) is 77.0 Å². The van der Waals surface area contributed by atoms with Gasteiger partial charge in [-0.2, -0.15) is 0 Å². The first-order valence-corrected chi connectivity index (χ1v) is 12.9. The molecule has 0 radical (unpaired) electrons. The molecule has 3 aromatic rings. The molecule has 38 heavy (non-hydrogen) atoms. The number of pyridine rings is 1. The van der Waals surface area contributed by atoms with Crippen LogP contribution in [0.3, 0.4) is 0 Å². The zero-order valence-electron chi connectivity index (χ0n) is 21.8. The number of carbonyl (C=O) groups is 4. The maximum absolute atomic E-state index is 13.4. The lowest BCUT2D eigenvalue weighted by Crippen LogP contribution is -2.45. The molecule has 0 saturated carbocycles. The van der Waals surface area contributed by atoms with Gasteiger partial charge < -0.3 is 15.8 Å². The summed E-state index contributed by atoms with van der Waals surface area (Å²) in [5.41, 5.74) is 6.90. The molecule has 1 atom stereocenters. The zero-order chi connectivity index (χ0) is 27.3. The molecule has 8 nitrogen and oxygen atoms in total. The van der Waals surface area contributed by atoms with Crippen LogP contribution < -0.4 is 11.1 Å². The van der Waals surface area contributed by atoms with E-state index in [2.05, 4.69) is 10.3 Å². The van der Waals surface area contributed by atoms with Gasteiger partial charge in [0.15, 0.2) is 11.6 Å². The Morgan fingerprint density at radius 1 is 1.05 bits per heavy atom. The number of fused-ring (bicyclic) bond motifs is 2. The van der Waals surface area contributed by atoms with Crippen molar-refractivity contribution < 1.29 is 23.9 Å². The number of amides is 1. The molecule has 8 heteroatoms. The van der Waals surface area contributed by atoms with Gasteiger partial charge in [-0.3, -0.25) is 19.2 Å². The van der Waals surface area contributed by atoms with Crippen molar-refractivity contribution in [3.63, 3.8) is 0 Å². The molecule has 1 heterocycles. The highest BCUT2D eigenvalue weighted by molar-refractivity contribution is 6.13. The molecule has 0 aliphatic heterocycles. The standard InChI is InChI=1S/C30H33N3O5/c1-30(2,17-25(35)38-18-19-10-5-3-6-11-19)33-29(37)21-13-9-12-20-16-22-24(34)15-8-4-7-14-23(31)28(36)27(22)32-26(20)21/h3,5-6,9-13,16,23H,4,7-8,14-15,17-18,31H2,1-2H3,(H,33,37). The van der Waals surface area contributed by atoms with E-state index < -0.39 is 29.2 Å². The lowest BCUT2D eigenvalue weighted by Gasteiger charge is -2.25. The van der Waals surface area contributed by atoms with Gasteiger partial charge in [-0.15, -0.1) is 0 Å². The van der Waals surface area contributed by atoms with Crippen molar-refractivity contribution >= 4 is 34.3 Å². The lowest BCUT2D eigenvalue weighted by atomic mass is 9.92. The number of hydrogen-bond donors (Lipinski definition) is 2. The van der Waals surface area contributed by atoms with Crippen molar-refractivity contribution in [2.24, 2.45) is 5.73 Å².